The molecule has 2 aromatic carbocycles. The highest BCUT2D eigenvalue weighted by molar-refractivity contribution is 7.89. The van der Waals surface area contributed by atoms with Gasteiger partial charge in [-0.25, -0.2) is 17.4 Å². The molecule has 0 aliphatic rings. The largest absolute Gasteiger partial charge is 0.348 e. The second-order valence-electron chi connectivity index (χ2n) is 6.19. The van der Waals surface area contributed by atoms with E-state index in [0.717, 1.165) is 9.82 Å². The first-order chi connectivity index (χ1) is 12.8. The lowest BCUT2D eigenvalue weighted by Gasteiger charge is -2.15. The standard InChI is InChI=1S/C18H21N5O3S/c1-4-23-16-10-9-13(11-15(16)20-21-23)18(24)19-12-14-7-5-6-8-17(14)27(25,26)22(2)3/h5-11H,4,12H2,1-3H3,(H,19,24). The fraction of sp³-hybridized carbons (Fsp3) is 0.278. The summed E-state index contributed by atoms with van der Waals surface area (Å²) in [6.45, 7) is 2.76. The molecule has 1 aromatic heterocycles. The van der Waals surface area contributed by atoms with E-state index in [1.165, 1.54) is 20.2 Å². The number of nitrogens with one attached hydrogen (secondary N) is 1. The number of hydrogen-bond acceptors (Lipinski definition) is 5. The minimum Gasteiger partial charge on any atom is -0.348 e. The summed E-state index contributed by atoms with van der Waals surface area (Å²) in [4.78, 5) is 12.7. The molecule has 27 heavy (non-hydrogen) atoms. The van der Waals surface area contributed by atoms with E-state index in [4.69, 9.17) is 0 Å². The summed E-state index contributed by atoms with van der Waals surface area (Å²) in [5.41, 5.74) is 2.47. The number of rotatable bonds is 6. The molecule has 0 fully saturated rings. The van der Waals surface area contributed by atoms with Gasteiger partial charge in [-0.05, 0) is 36.8 Å². The molecular formula is C18H21N5O3S. The summed E-state index contributed by atoms with van der Waals surface area (Å²) in [7, 11) is -0.637. The Hall–Kier alpha value is -2.78. The minimum absolute atomic E-state index is 0.0990. The van der Waals surface area contributed by atoms with Gasteiger partial charge >= 0.3 is 0 Å². The number of amides is 1. The third-order valence-corrected chi connectivity index (χ3v) is 6.16. The number of aryl methyl sites for hydroxylation is 1. The van der Waals surface area contributed by atoms with E-state index < -0.39 is 10.0 Å². The van der Waals surface area contributed by atoms with Crippen molar-refractivity contribution in [3.8, 4) is 0 Å². The molecule has 3 rings (SSSR count). The first-order valence-corrected chi connectivity index (χ1v) is 9.90. The Morgan fingerprint density at radius 2 is 1.93 bits per heavy atom. The molecule has 0 unspecified atom stereocenters. The highest BCUT2D eigenvalue weighted by Gasteiger charge is 2.21. The van der Waals surface area contributed by atoms with Crippen molar-refractivity contribution in [3.05, 3.63) is 53.6 Å². The molecular weight excluding hydrogens is 366 g/mol. The first-order valence-electron chi connectivity index (χ1n) is 8.46. The van der Waals surface area contributed by atoms with E-state index in [1.807, 2.05) is 6.92 Å². The lowest BCUT2D eigenvalue weighted by molar-refractivity contribution is 0.0950. The molecule has 3 aromatic rings. The number of sulfonamides is 1. The molecule has 0 radical (unpaired) electrons. The molecule has 142 valence electrons. The highest BCUT2D eigenvalue weighted by Crippen LogP contribution is 2.19. The van der Waals surface area contributed by atoms with E-state index in [-0.39, 0.29) is 17.3 Å². The fourth-order valence-corrected chi connectivity index (χ4v) is 3.84. The van der Waals surface area contributed by atoms with Gasteiger partial charge in [0.2, 0.25) is 10.0 Å². The van der Waals surface area contributed by atoms with Crippen LogP contribution in [0.2, 0.25) is 0 Å². The van der Waals surface area contributed by atoms with E-state index in [9.17, 15) is 13.2 Å². The summed E-state index contributed by atoms with van der Waals surface area (Å²) in [6, 6.07) is 11.8. The van der Waals surface area contributed by atoms with Gasteiger partial charge in [-0.1, -0.05) is 23.4 Å². The van der Waals surface area contributed by atoms with Gasteiger partial charge in [0.25, 0.3) is 5.91 Å². The SMILES string of the molecule is CCn1nnc2cc(C(=O)NCc3ccccc3S(=O)(=O)N(C)C)ccc21. The van der Waals surface area contributed by atoms with Crippen LogP contribution in [0.15, 0.2) is 47.4 Å². The monoisotopic (exact) mass is 387 g/mol. The van der Waals surface area contributed by atoms with Crippen molar-refractivity contribution >= 4 is 27.0 Å². The fourth-order valence-electron chi connectivity index (χ4n) is 2.72. The average Bonchev–Trinajstić information content (AvgIpc) is 3.08. The van der Waals surface area contributed by atoms with Crippen molar-refractivity contribution in [2.45, 2.75) is 24.9 Å². The van der Waals surface area contributed by atoms with E-state index in [2.05, 4.69) is 15.6 Å². The average molecular weight is 387 g/mol. The van der Waals surface area contributed by atoms with Crippen molar-refractivity contribution in [1.29, 1.82) is 0 Å². The number of carbonyl (C=O) groups is 1. The second kappa shape index (κ2) is 7.45. The number of hydrogen-bond donors (Lipinski definition) is 1. The minimum atomic E-state index is -3.59. The van der Waals surface area contributed by atoms with E-state index >= 15 is 0 Å². The Balaban J connectivity index is 1.81. The zero-order valence-electron chi connectivity index (χ0n) is 15.4. The second-order valence-corrected chi connectivity index (χ2v) is 8.31. The van der Waals surface area contributed by atoms with Crippen LogP contribution in [0.3, 0.4) is 0 Å². The van der Waals surface area contributed by atoms with Crippen LogP contribution in [0.25, 0.3) is 11.0 Å². The lowest BCUT2D eigenvalue weighted by Crippen LogP contribution is -2.27. The number of benzene rings is 2. The summed E-state index contributed by atoms with van der Waals surface area (Å²) < 4.78 is 27.8. The van der Waals surface area contributed by atoms with Crippen molar-refractivity contribution < 1.29 is 13.2 Å². The normalized spacial score (nSPS) is 11.9. The topological polar surface area (TPSA) is 97.2 Å². The van der Waals surface area contributed by atoms with E-state index in [1.54, 1.807) is 41.1 Å². The number of carbonyl (C=O) groups excluding carboxylic acids is 1. The molecule has 0 bridgehead atoms. The molecule has 1 N–H and O–H groups in total. The molecule has 0 saturated heterocycles. The molecule has 8 nitrogen and oxygen atoms in total. The molecule has 0 aliphatic carbocycles. The van der Waals surface area contributed by atoms with Crippen LogP contribution in [-0.2, 0) is 23.1 Å². The molecule has 0 atom stereocenters. The smallest absolute Gasteiger partial charge is 0.251 e. The maximum absolute atomic E-state index is 12.5. The quantitative estimate of drug-likeness (QED) is 0.693. The summed E-state index contributed by atoms with van der Waals surface area (Å²) in [6.07, 6.45) is 0. The van der Waals surface area contributed by atoms with Crippen LogP contribution in [0.5, 0.6) is 0 Å². The maximum atomic E-state index is 12.5. The van der Waals surface area contributed by atoms with Gasteiger partial charge in [0.05, 0.1) is 10.4 Å². The third-order valence-electron chi connectivity index (χ3n) is 4.25. The Kier molecular flexibility index (Phi) is 5.24. The zero-order chi connectivity index (χ0) is 19.6. The van der Waals surface area contributed by atoms with Crippen molar-refractivity contribution in [2.24, 2.45) is 0 Å². The number of fused-ring (bicyclic) bond motifs is 1. The molecule has 1 amide bonds. The third kappa shape index (κ3) is 3.69. The van der Waals surface area contributed by atoms with Crippen LogP contribution < -0.4 is 5.32 Å². The van der Waals surface area contributed by atoms with Crippen LogP contribution in [0, 0.1) is 0 Å². The van der Waals surface area contributed by atoms with Crippen molar-refractivity contribution in [3.63, 3.8) is 0 Å². The van der Waals surface area contributed by atoms with Crippen LogP contribution in [-0.4, -0.2) is 47.7 Å². The van der Waals surface area contributed by atoms with Gasteiger partial charge in [0.1, 0.15) is 5.52 Å². The molecule has 0 aliphatic heterocycles. The lowest BCUT2D eigenvalue weighted by atomic mass is 10.1. The summed E-state index contributed by atoms with van der Waals surface area (Å²) in [5, 5.41) is 10.9. The van der Waals surface area contributed by atoms with Gasteiger partial charge in [-0.2, -0.15) is 0 Å². The molecule has 0 spiro atoms. The summed E-state index contributed by atoms with van der Waals surface area (Å²) >= 11 is 0. The molecule has 0 saturated carbocycles. The Morgan fingerprint density at radius 1 is 1.19 bits per heavy atom. The van der Waals surface area contributed by atoms with Gasteiger partial charge < -0.3 is 5.32 Å². The highest BCUT2D eigenvalue weighted by atomic mass is 32.2. The first kappa shape index (κ1) is 19.0. The van der Waals surface area contributed by atoms with Crippen LogP contribution in [0.1, 0.15) is 22.8 Å². The summed E-state index contributed by atoms with van der Waals surface area (Å²) in [5.74, 6) is -0.306. The Labute approximate surface area is 157 Å². The van der Waals surface area contributed by atoms with Crippen molar-refractivity contribution in [2.75, 3.05) is 14.1 Å². The molecule has 1 heterocycles. The van der Waals surface area contributed by atoms with Gasteiger partial charge in [-0.3, -0.25) is 4.79 Å². The van der Waals surface area contributed by atoms with Crippen LogP contribution in [0.4, 0.5) is 0 Å². The predicted octanol–water partition coefficient (Wildman–Crippen LogP) is 1.63. The van der Waals surface area contributed by atoms with Gasteiger partial charge in [0.15, 0.2) is 0 Å². The number of aromatic nitrogens is 3. The number of nitrogens with zero attached hydrogens (tertiary/aromatic N) is 4. The molecule has 9 heteroatoms. The van der Waals surface area contributed by atoms with Gasteiger partial charge in [0, 0.05) is 32.7 Å². The zero-order valence-corrected chi connectivity index (χ0v) is 16.2. The Morgan fingerprint density at radius 3 is 2.63 bits per heavy atom. The van der Waals surface area contributed by atoms with Gasteiger partial charge in [-0.15, -0.1) is 5.10 Å². The maximum Gasteiger partial charge on any atom is 0.251 e. The predicted molar refractivity (Wildman–Crippen MR) is 102 cm³/mol. The Bertz CT molecular complexity index is 1090. The van der Waals surface area contributed by atoms with Crippen LogP contribution >= 0.6 is 0 Å². The van der Waals surface area contributed by atoms with E-state index in [0.29, 0.717) is 23.2 Å². The van der Waals surface area contributed by atoms with Crippen molar-refractivity contribution in [1.82, 2.24) is 24.6 Å².